The third-order valence-electron chi connectivity index (χ3n) is 3.22. The maximum absolute atomic E-state index is 13.8. The van der Waals surface area contributed by atoms with Crippen molar-refractivity contribution in [2.24, 2.45) is 0 Å². The lowest BCUT2D eigenvalue weighted by Gasteiger charge is -2.12. The van der Waals surface area contributed by atoms with Crippen LogP contribution in [-0.4, -0.2) is 33.8 Å². The van der Waals surface area contributed by atoms with Gasteiger partial charge in [0.15, 0.2) is 11.6 Å². The molecule has 2 aromatic rings. The molecular formula is C16H18FNO5S. The van der Waals surface area contributed by atoms with Crippen LogP contribution in [0.3, 0.4) is 0 Å². The molecule has 2 rings (SSSR count). The number of phenols is 1. The Hall–Kier alpha value is -2.32. The van der Waals surface area contributed by atoms with Crippen LogP contribution in [0.25, 0.3) is 0 Å². The summed E-state index contributed by atoms with van der Waals surface area (Å²) in [5.41, 5.74) is 0.290. The van der Waals surface area contributed by atoms with Crippen LogP contribution in [-0.2, 0) is 14.8 Å². The number of halogens is 1. The number of methoxy groups -OCH3 is 1. The molecule has 0 spiro atoms. The van der Waals surface area contributed by atoms with Crippen LogP contribution in [0.4, 0.5) is 10.1 Å². The maximum atomic E-state index is 13.8. The first-order valence-electron chi connectivity index (χ1n) is 7.08. The standard InChI is InChI=1S/C16H18FNO5S/c1-11-10-12(6-7-15(11)23-9-8-22-2)24(20,21)18-13-4-3-5-14(19)16(13)17/h3-7,10,18-19H,8-9H2,1-2H3. The van der Waals surface area contributed by atoms with Gasteiger partial charge in [-0.2, -0.15) is 0 Å². The van der Waals surface area contributed by atoms with Crippen molar-refractivity contribution in [3.63, 3.8) is 0 Å². The summed E-state index contributed by atoms with van der Waals surface area (Å²) in [4.78, 5) is -0.0400. The van der Waals surface area contributed by atoms with Crippen molar-refractivity contribution < 1.29 is 27.4 Å². The number of aryl methyl sites for hydroxylation is 1. The predicted octanol–water partition coefficient (Wildman–Crippen LogP) is 2.67. The molecule has 0 aliphatic heterocycles. The second kappa shape index (κ2) is 7.50. The van der Waals surface area contributed by atoms with Crippen LogP contribution in [0.2, 0.25) is 0 Å². The summed E-state index contributed by atoms with van der Waals surface area (Å²) in [5.74, 6) is -1.12. The molecule has 0 unspecified atom stereocenters. The minimum atomic E-state index is -4.00. The van der Waals surface area contributed by atoms with Crippen molar-refractivity contribution in [1.29, 1.82) is 0 Å². The van der Waals surface area contributed by atoms with Gasteiger partial charge < -0.3 is 14.6 Å². The van der Waals surface area contributed by atoms with Crippen LogP contribution < -0.4 is 9.46 Å². The SMILES string of the molecule is COCCOc1ccc(S(=O)(=O)Nc2cccc(O)c2F)cc1C. The van der Waals surface area contributed by atoms with E-state index in [1.807, 2.05) is 0 Å². The quantitative estimate of drug-likeness (QED) is 0.746. The fourth-order valence-electron chi connectivity index (χ4n) is 1.99. The highest BCUT2D eigenvalue weighted by Gasteiger charge is 2.18. The van der Waals surface area contributed by atoms with E-state index in [1.165, 1.54) is 30.3 Å². The number of benzene rings is 2. The molecule has 0 atom stereocenters. The summed E-state index contributed by atoms with van der Waals surface area (Å²) in [5, 5.41) is 9.31. The van der Waals surface area contributed by atoms with Gasteiger partial charge in [0, 0.05) is 7.11 Å². The number of rotatable bonds is 7. The van der Waals surface area contributed by atoms with Crippen LogP contribution in [0.1, 0.15) is 5.56 Å². The van der Waals surface area contributed by atoms with E-state index in [0.29, 0.717) is 24.5 Å². The van der Waals surface area contributed by atoms with E-state index in [2.05, 4.69) is 4.72 Å². The van der Waals surface area contributed by atoms with E-state index < -0.39 is 21.6 Å². The Morgan fingerprint density at radius 2 is 1.96 bits per heavy atom. The average molecular weight is 355 g/mol. The summed E-state index contributed by atoms with van der Waals surface area (Å²) in [6.07, 6.45) is 0. The van der Waals surface area contributed by atoms with Gasteiger partial charge in [-0.3, -0.25) is 4.72 Å². The van der Waals surface area contributed by atoms with E-state index in [4.69, 9.17) is 9.47 Å². The zero-order valence-electron chi connectivity index (χ0n) is 13.2. The highest BCUT2D eigenvalue weighted by molar-refractivity contribution is 7.92. The average Bonchev–Trinajstić information content (AvgIpc) is 2.53. The number of hydrogen-bond acceptors (Lipinski definition) is 5. The van der Waals surface area contributed by atoms with Gasteiger partial charge in [0.25, 0.3) is 10.0 Å². The molecule has 0 bridgehead atoms. The first kappa shape index (κ1) is 18.0. The van der Waals surface area contributed by atoms with Crippen molar-refractivity contribution in [3.8, 4) is 11.5 Å². The van der Waals surface area contributed by atoms with Gasteiger partial charge >= 0.3 is 0 Å². The molecule has 0 aromatic heterocycles. The number of aromatic hydroxyl groups is 1. The molecule has 24 heavy (non-hydrogen) atoms. The highest BCUT2D eigenvalue weighted by Crippen LogP contribution is 2.27. The molecular weight excluding hydrogens is 337 g/mol. The molecule has 0 amide bonds. The number of anilines is 1. The first-order chi connectivity index (χ1) is 11.3. The Balaban J connectivity index is 2.23. The molecule has 6 nitrogen and oxygen atoms in total. The molecule has 0 saturated carbocycles. The number of phenolic OH excluding ortho intramolecular Hbond substituents is 1. The molecule has 8 heteroatoms. The van der Waals surface area contributed by atoms with Gasteiger partial charge in [-0.15, -0.1) is 0 Å². The van der Waals surface area contributed by atoms with Crippen molar-refractivity contribution >= 4 is 15.7 Å². The van der Waals surface area contributed by atoms with Gasteiger partial charge in [-0.25, -0.2) is 12.8 Å². The number of nitrogens with one attached hydrogen (secondary N) is 1. The monoisotopic (exact) mass is 355 g/mol. The highest BCUT2D eigenvalue weighted by atomic mass is 32.2. The van der Waals surface area contributed by atoms with E-state index in [-0.39, 0.29) is 10.6 Å². The lowest BCUT2D eigenvalue weighted by molar-refractivity contribution is 0.146. The van der Waals surface area contributed by atoms with Crippen molar-refractivity contribution in [2.45, 2.75) is 11.8 Å². The number of ether oxygens (including phenoxy) is 2. The molecule has 0 saturated heterocycles. The van der Waals surface area contributed by atoms with Gasteiger partial charge in [0.05, 0.1) is 17.2 Å². The minimum Gasteiger partial charge on any atom is -0.505 e. The predicted molar refractivity (Wildman–Crippen MR) is 87.4 cm³/mol. The third kappa shape index (κ3) is 4.15. The van der Waals surface area contributed by atoms with Crippen molar-refractivity contribution in [2.75, 3.05) is 25.0 Å². The van der Waals surface area contributed by atoms with Crippen LogP contribution in [0.5, 0.6) is 11.5 Å². The number of hydrogen-bond donors (Lipinski definition) is 2. The van der Waals surface area contributed by atoms with Crippen molar-refractivity contribution in [1.82, 2.24) is 0 Å². The van der Waals surface area contributed by atoms with Gasteiger partial charge in [0.1, 0.15) is 12.4 Å². The van der Waals surface area contributed by atoms with E-state index in [1.54, 1.807) is 14.0 Å². The van der Waals surface area contributed by atoms with Gasteiger partial charge in [-0.1, -0.05) is 6.07 Å². The van der Waals surface area contributed by atoms with Gasteiger partial charge in [-0.05, 0) is 42.8 Å². The second-order valence-corrected chi connectivity index (χ2v) is 6.70. The Kier molecular flexibility index (Phi) is 5.63. The van der Waals surface area contributed by atoms with Crippen LogP contribution in [0, 0.1) is 12.7 Å². The summed E-state index contributed by atoms with van der Waals surface area (Å²) in [6, 6.07) is 8.00. The van der Waals surface area contributed by atoms with Crippen LogP contribution >= 0.6 is 0 Å². The Morgan fingerprint density at radius 3 is 2.62 bits per heavy atom. The molecule has 0 aliphatic carbocycles. The topological polar surface area (TPSA) is 84.9 Å². The Morgan fingerprint density at radius 1 is 1.21 bits per heavy atom. The zero-order valence-corrected chi connectivity index (χ0v) is 14.1. The maximum Gasteiger partial charge on any atom is 0.262 e. The van der Waals surface area contributed by atoms with Crippen LogP contribution in [0.15, 0.2) is 41.3 Å². The zero-order chi connectivity index (χ0) is 17.7. The largest absolute Gasteiger partial charge is 0.505 e. The molecule has 2 aromatic carbocycles. The fraction of sp³-hybridized carbons (Fsp3) is 0.250. The summed E-state index contributed by atoms with van der Waals surface area (Å²) >= 11 is 0. The number of sulfonamides is 1. The molecule has 2 N–H and O–H groups in total. The lowest BCUT2D eigenvalue weighted by Crippen LogP contribution is -2.14. The lowest BCUT2D eigenvalue weighted by atomic mass is 10.2. The molecule has 0 heterocycles. The summed E-state index contributed by atoms with van der Waals surface area (Å²) in [7, 11) is -2.44. The second-order valence-electron chi connectivity index (χ2n) is 5.01. The molecule has 130 valence electrons. The van der Waals surface area contributed by atoms with E-state index in [9.17, 15) is 17.9 Å². The fourth-order valence-corrected chi connectivity index (χ4v) is 3.13. The Labute approximate surface area is 139 Å². The normalized spacial score (nSPS) is 11.3. The minimum absolute atomic E-state index is 0.0400. The van der Waals surface area contributed by atoms with Crippen molar-refractivity contribution in [3.05, 3.63) is 47.8 Å². The van der Waals surface area contributed by atoms with E-state index >= 15 is 0 Å². The molecule has 0 aliphatic rings. The molecule has 0 fully saturated rings. The summed E-state index contributed by atoms with van der Waals surface area (Å²) in [6.45, 7) is 2.46. The summed E-state index contributed by atoms with van der Waals surface area (Å²) < 4.78 is 51.0. The van der Waals surface area contributed by atoms with E-state index in [0.717, 1.165) is 6.07 Å². The van der Waals surface area contributed by atoms with Gasteiger partial charge in [0.2, 0.25) is 0 Å². The first-order valence-corrected chi connectivity index (χ1v) is 8.56. The Bertz CT molecular complexity index is 823. The smallest absolute Gasteiger partial charge is 0.262 e. The third-order valence-corrected chi connectivity index (χ3v) is 4.59. The molecule has 0 radical (unpaired) electrons.